The molecule has 0 heterocycles. The van der Waals surface area contributed by atoms with Gasteiger partial charge in [-0.3, -0.25) is 14.4 Å². The SMILES string of the molecule is CC/C=C\C/C=C\C/C=C\CCCCCCCCCC(=O)OCC(COC(=O)CCCCCCCCCCC)OC(=O)CCCCCCC/C=C\CCCCCCC. The molecule has 0 aromatic carbocycles. The van der Waals surface area contributed by atoms with E-state index in [9.17, 15) is 14.4 Å². The van der Waals surface area contributed by atoms with Crippen molar-refractivity contribution in [3.8, 4) is 0 Å². The molecule has 336 valence electrons. The number of carbonyl (C=O) groups is 3. The van der Waals surface area contributed by atoms with Gasteiger partial charge in [0.1, 0.15) is 13.2 Å². The lowest BCUT2D eigenvalue weighted by molar-refractivity contribution is -0.167. The van der Waals surface area contributed by atoms with Gasteiger partial charge in [0.25, 0.3) is 0 Å². The van der Waals surface area contributed by atoms with Crippen LogP contribution >= 0.6 is 0 Å². The van der Waals surface area contributed by atoms with Crippen molar-refractivity contribution in [3.63, 3.8) is 0 Å². The first-order chi connectivity index (χ1) is 28.5. The Morgan fingerprint density at radius 2 is 0.672 bits per heavy atom. The van der Waals surface area contributed by atoms with E-state index >= 15 is 0 Å². The number of hydrogen-bond donors (Lipinski definition) is 0. The van der Waals surface area contributed by atoms with Crippen LogP contribution in [0.4, 0.5) is 0 Å². The highest BCUT2D eigenvalue weighted by atomic mass is 16.6. The van der Waals surface area contributed by atoms with E-state index in [1.54, 1.807) is 0 Å². The van der Waals surface area contributed by atoms with Crippen LogP contribution in [0.25, 0.3) is 0 Å². The second-order valence-electron chi connectivity index (χ2n) is 16.3. The molecule has 58 heavy (non-hydrogen) atoms. The fourth-order valence-electron chi connectivity index (χ4n) is 6.86. The number of carbonyl (C=O) groups excluding carboxylic acids is 3. The molecular formula is C52H92O6. The first-order valence-electron chi connectivity index (χ1n) is 24.6. The standard InChI is InChI=1S/C52H92O6/c1-4-7-10-13-16-19-21-23-25-26-27-29-30-33-36-39-42-45-51(54)57-48-49(47-56-50(53)44-41-38-35-32-18-15-12-9-6-3)58-52(55)46-43-40-37-34-31-28-24-22-20-17-14-11-8-5-2/h7,10,16,19,22-25,49H,4-6,8-9,11-15,17-18,20-21,26-48H2,1-3H3/b10-7-,19-16-,24-22-,25-23-. The van der Waals surface area contributed by atoms with Gasteiger partial charge in [-0.15, -0.1) is 0 Å². The van der Waals surface area contributed by atoms with E-state index in [0.29, 0.717) is 19.3 Å². The van der Waals surface area contributed by atoms with Crippen LogP contribution in [0.2, 0.25) is 0 Å². The van der Waals surface area contributed by atoms with E-state index in [-0.39, 0.29) is 31.1 Å². The van der Waals surface area contributed by atoms with Crippen LogP contribution in [0.5, 0.6) is 0 Å². The third kappa shape index (κ3) is 44.5. The number of allylic oxidation sites excluding steroid dienone is 8. The van der Waals surface area contributed by atoms with E-state index in [1.807, 2.05) is 0 Å². The molecule has 0 aromatic heterocycles. The van der Waals surface area contributed by atoms with Crippen LogP contribution in [-0.2, 0) is 28.6 Å². The molecule has 1 atom stereocenters. The van der Waals surface area contributed by atoms with E-state index in [1.165, 1.54) is 109 Å². The molecule has 0 aliphatic heterocycles. The van der Waals surface area contributed by atoms with Crippen LogP contribution in [0.1, 0.15) is 245 Å². The average Bonchev–Trinajstić information content (AvgIpc) is 3.22. The summed E-state index contributed by atoms with van der Waals surface area (Å²) in [7, 11) is 0. The number of ether oxygens (including phenoxy) is 3. The smallest absolute Gasteiger partial charge is 0.306 e. The number of esters is 3. The van der Waals surface area contributed by atoms with Crippen molar-refractivity contribution >= 4 is 17.9 Å². The molecular weight excluding hydrogens is 721 g/mol. The van der Waals surface area contributed by atoms with Gasteiger partial charge < -0.3 is 14.2 Å². The van der Waals surface area contributed by atoms with E-state index in [4.69, 9.17) is 14.2 Å². The molecule has 0 radical (unpaired) electrons. The summed E-state index contributed by atoms with van der Waals surface area (Å²) < 4.78 is 16.7. The van der Waals surface area contributed by atoms with Gasteiger partial charge in [0, 0.05) is 19.3 Å². The normalized spacial score (nSPS) is 12.4. The van der Waals surface area contributed by atoms with Crippen molar-refractivity contribution in [2.45, 2.75) is 252 Å². The topological polar surface area (TPSA) is 78.9 Å². The van der Waals surface area contributed by atoms with Gasteiger partial charge >= 0.3 is 17.9 Å². The van der Waals surface area contributed by atoms with Gasteiger partial charge in [-0.1, -0.05) is 198 Å². The fraction of sp³-hybridized carbons (Fsp3) is 0.788. The van der Waals surface area contributed by atoms with Crippen LogP contribution in [0.3, 0.4) is 0 Å². The molecule has 0 N–H and O–H groups in total. The predicted octanol–water partition coefficient (Wildman–Crippen LogP) is 15.9. The highest BCUT2D eigenvalue weighted by Crippen LogP contribution is 2.14. The second kappa shape index (κ2) is 47.1. The van der Waals surface area contributed by atoms with Crippen molar-refractivity contribution < 1.29 is 28.6 Å². The molecule has 0 rings (SSSR count). The molecule has 6 heteroatoms. The maximum atomic E-state index is 12.7. The molecule has 0 aliphatic carbocycles. The summed E-state index contributed by atoms with van der Waals surface area (Å²) in [6.07, 6.45) is 55.2. The highest BCUT2D eigenvalue weighted by molar-refractivity contribution is 5.71. The summed E-state index contributed by atoms with van der Waals surface area (Å²) in [5.74, 6) is -0.896. The Kier molecular flexibility index (Phi) is 44.9. The summed E-state index contributed by atoms with van der Waals surface area (Å²) >= 11 is 0. The Hall–Kier alpha value is -2.63. The summed E-state index contributed by atoms with van der Waals surface area (Å²) in [6, 6.07) is 0. The van der Waals surface area contributed by atoms with Gasteiger partial charge in [-0.2, -0.15) is 0 Å². The Labute approximate surface area is 358 Å². The lowest BCUT2D eigenvalue weighted by Crippen LogP contribution is -2.30. The molecule has 6 nitrogen and oxygen atoms in total. The van der Waals surface area contributed by atoms with Crippen molar-refractivity contribution in [1.29, 1.82) is 0 Å². The largest absolute Gasteiger partial charge is 0.462 e. The van der Waals surface area contributed by atoms with Gasteiger partial charge in [-0.05, 0) is 77.0 Å². The third-order valence-corrected chi connectivity index (χ3v) is 10.6. The predicted molar refractivity (Wildman–Crippen MR) is 247 cm³/mol. The monoisotopic (exact) mass is 813 g/mol. The number of unbranched alkanes of at least 4 members (excludes halogenated alkanes) is 25. The summed E-state index contributed by atoms with van der Waals surface area (Å²) in [4.78, 5) is 37.8. The summed E-state index contributed by atoms with van der Waals surface area (Å²) in [5, 5.41) is 0. The molecule has 0 bridgehead atoms. The third-order valence-electron chi connectivity index (χ3n) is 10.6. The summed E-state index contributed by atoms with van der Waals surface area (Å²) in [5.41, 5.74) is 0. The van der Waals surface area contributed by atoms with Crippen molar-refractivity contribution in [2.24, 2.45) is 0 Å². The van der Waals surface area contributed by atoms with Crippen molar-refractivity contribution in [1.82, 2.24) is 0 Å². The number of rotatable bonds is 44. The highest BCUT2D eigenvalue weighted by Gasteiger charge is 2.19. The van der Waals surface area contributed by atoms with Crippen LogP contribution in [0, 0.1) is 0 Å². The van der Waals surface area contributed by atoms with Crippen molar-refractivity contribution in [3.05, 3.63) is 48.6 Å². The first kappa shape index (κ1) is 55.4. The lowest BCUT2D eigenvalue weighted by Gasteiger charge is -2.18. The van der Waals surface area contributed by atoms with Crippen LogP contribution in [0.15, 0.2) is 48.6 Å². The maximum absolute atomic E-state index is 12.7. The van der Waals surface area contributed by atoms with E-state index in [0.717, 1.165) is 96.3 Å². The minimum atomic E-state index is -0.777. The fourth-order valence-corrected chi connectivity index (χ4v) is 6.86. The average molecular weight is 813 g/mol. The van der Waals surface area contributed by atoms with Gasteiger partial charge in [0.15, 0.2) is 6.10 Å². The Balaban J connectivity index is 4.34. The summed E-state index contributed by atoms with van der Waals surface area (Å²) in [6.45, 7) is 6.49. The molecule has 0 amide bonds. The number of hydrogen-bond acceptors (Lipinski definition) is 6. The zero-order valence-corrected chi connectivity index (χ0v) is 38.3. The molecule has 0 fully saturated rings. The van der Waals surface area contributed by atoms with Gasteiger partial charge in [0.2, 0.25) is 0 Å². The molecule has 0 aliphatic rings. The van der Waals surface area contributed by atoms with Crippen LogP contribution in [-0.4, -0.2) is 37.2 Å². The second-order valence-corrected chi connectivity index (χ2v) is 16.3. The first-order valence-corrected chi connectivity index (χ1v) is 24.6. The lowest BCUT2D eigenvalue weighted by atomic mass is 10.1. The van der Waals surface area contributed by atoms with Crippen LogP contribution < -0.4 is 0 Å². The van der Waals surface area contributed by atoms with Gasteiger partial charge in [0.05, 0.1) is 0 Å². The molecule has 0 spiro atoms. The Morgan fingerprint density at radius 1 is 0.362 bits per heavy atom. The Bertz CT molecular complexity index is 1030. The molecule has 0 saturated heterocycles. The van der Waals surface area contributed by atoms with E-state index in [2.05, 4.69) is 69.4 Å². The zero-order chi connectivity index (χ0) is 42.3. The minimum Gasteiger partial charge on any atom is -0.462 e. The van der Waals surface area contributed by atoms with Crippen molar-refractivity contribution in [2.75, 3.05) is 13.2 Å². The molecule has 0 aromatic rings. The minimum absolute atomic E-state index is 0.0781. The van der Waals surface area contributed by atoms with E-state index < -0.39 is 6.10 Å². The zero-order valence-electron chi connectivity index (χ0n) is 38.3. The van der Waals surface area contributed by atoms with Gasteiger partial charge in [-0.25, -0.2) is 0 Å². The Morgan fingerprint density at radius 3 is 1.07 bits per heavy atom. The quantitative estimate of drug-likeness (QED) is 0.0264. The molecule has 0 saturated carbocycles. The molecule has 1 unspecified atom stereocenters. The maximum Gasteiger partial charge on any atom is 0.306 e.